The molecule has 2 aromatic rings. The Bertz CT molecular complexity index is 902. The lowest BCUT2D eigenvalue weighted by Crippen LogP contribution is -2.34. The van der Waals surface area contributed by atoms with Crippen LogP contribution < -0.4 is 10.6 Å². The first-order valence-electron chi connectivity index (χ1n) is 11.4. The second-order valence-corrected chi connectivity index (χ2v) is 9.12. The molecule has 0 spiro atoms. The van der Waals surface area contributed by atoms with Crippen LogP contribution >= 0.6 is 0 Å². The molecule has 0 radical (unpaired) electrons. The van der Waals surface area contributed by atoms with Gasteiger partial charge in [-0.25, -0.2) is 0 Å². The average Bonchev–Trinajstić information content (AvgIpc) is 2.75. The van der Waals surface area contributed by atoms with Gasteiger partial charge in [-0.05, 0) is 71.4 Å². The quantitative estimate of drug-likeness (QED) is 0.665. The van der Waals surface area contributed by atoms with Crippen LogP contribution in [0.5, 0.6) is 0 Å². The molecule has 1 aromatic carbocycles. The van der Waals surface area contributed by atoms with E-state index >= 15 is 0 Å². The van der Waals surface area contributed by atoms with E-state index in [2.05, 4.69) is 10.6 Å². The summed E-state index contributed by atoms with van der Waals surface area (Å²) in [6, 6.07) is 9.91. The molecule has 2 N–H and O–H groups in total. The number of carbonyl (C=O) groups excluding carboxylic acids is 2. The fourth-order valence-electron chi connectivity index (χ4n) is 4.15. The van der Waals surface area contributed by atoms with E-state index in [-0.39, 0.29) is 30.6 Å². The molecule has 31 heavy (non-hydrogen) atoms. The normalized spacial score (nSPS) is 19.0. The van der Waals surface area contributed by atoms with Gasteiger partial charge in [0.05, 0.1) is 17.2 Å². The molecule has 0 bridgehead atoms. The Morgan fingerprint density at radius 3 is 2.48 bits per heavy atom. The molecule has 3 rings (SSSR count). The predicted octanol–water partition coefficient (Wildman–Crippen LogP) is 4.19. The highest BCUT2D eigenvalue weighted by Gasteiger charge is 2.25. The lowest BCUT2D eigenvalue weighted by molar-refractivity contribution is -0.127. The van der Waals surface area contributed by atoms with Crippen LogP contribution in [0.15, 0.2) is 30.3 Å². The van der Waals surface area contributed by atoms with Crippen molar-refractivity contribution < 1.29 is 14.3 Å². The maximum atomic E-state index is 12.8. The number of ether oxygens (including phenoxy) is 1. The van der Waals surface area contributed by atoms with Gasteiger partial charge < -0.3 is 15.4 Å². The van der Waals surface area contributed by atoms with Gasteiger partial charge >= 0.3 is 0 Å². The van der Waals surface area contributed by atoms with E-state index in [1.807, 2.05) is 58.0 Å². The van der Waals surface area contributed by atoms with Crippen molar-refractivity contribution in [3.63, 3.8) is 0 Å². The van der Waals surface area contributed by atoms with Crippen molar-refractivity contribution in [2.24, 2.45) is 5.92 Å². The molecule has 1 aliphatic rings. The maximum Gasteiger partial charge on any atom is 0.252 e. The molecule has 1 aliphatic carbocycles. The number of fused-ring (bicyclic) bond motifs is 1. The minimum Gasteiger partial charge on any atom is -0.369 e. The molecule has 0 saturated heterocycles. The van der Waals surface area contributed by atoms with Crippen LogP contribution in [0.25, 0.3) is 10.9 Å². The summed E-state index contributed by atoms with van der Waals surface area (Å²) in [7, 11) is 0. The van der Waals surface area contributed by atoms with E-state index in [1.165, 1.54) is 0 Å². The van der Waals surface area contributed by atoms with Crippen LogP contribution in [-0.4, -0.2) is 42.1 Å². The highest BCUT2D eigenvalue weighted by Crippen LogP contribution is 2.36. The van der Waals surface area contributed by atoms with Crippen LogP contribution in [0.2, 0.25) is 0 Å². The summed E-state index contributed by atoms with van der Waals surface area (Å²) >= 11 is 0. The SMILES string of the molecule is CC(C)NC(=O)c1cc(C2CCC(CNC(=O)COC(C)C)CC2)nc2ccccc12. The second-order valence-electron chi connectivity index (χ2n) is 9.12. The molecule has 0 unspecified atom stereocenters. The number of aromatic nitrogens is 1. The van der Waals surface area contributed by atoms with Gasteiger partial charge in [0.25, 0.3) is 5.91 Å². The topological polar surface area (TPSA) is 80.3 Å². The summed E-state index contributed by atoms with van der Waals surface area (Å²) in [6.45, 7) is 8.60. The Balaban J connectivity index is 1.64. The number of rotatable bonds is 8. The number of hydrogen-bond acceptors (Lipinski definition) is 4. The Morgan fingerprint density at radius 2 is 1.81 bits per heavy atom. The zero-order chi connectivity index (χ0) is 22.4. The van der Waals surface area contributed by atoms with E-state index < -0.39 is 0 Å². The zero-order valence-corrected chi connectivity index (χ0v) is 19.1. The highest BCUT2D eigenvalue weighted by atomic mass is 16.5. The number of pyridine rings is 1. The molecule has 0 atom stereocenters. The fourth-order valence-corrected chi connectivity index (χ4v) is 4.15. The van der Waals surface area contributed by atoms with Gasteiger partial charge in [-0.2, -0.15) is 0 Å². The fraction of sp³-hybridized carbons (Fsp3) is 0.560. The molecular formula is C25H35N3O3. The molecule has 1 heterocycles. The van der Waals surface area contributed by atoms with Crippen molar-refractivity contribution in [3.8, 4) is 0 Å². The molecule has 1 saturated carbocycles. The lowest BCUT2D eigenvalue weighted by Gasteiger charge is -2.29. The van der Waals surface area contributed by atoms with Crippen molar-refractivity contribution in [1.82, 2.24) is 15.6 Å². The first-order chi connectivity index (χ1) is 14.8. The van der Waals surface area contributed by atoms with Crippen molar-refractivity contribution >= 4 is 22.7 Å². The van der Waals surface area contributed by atoms with E-state index in [0.717, 1.165) is 42.3 Å². The number of nitrogens with one attached hydrogen (secondary N) is 2. The maximum absolute atomic E-state index is 12.8. The highest BCUT2D eigenvalue weighted by molar-refractivity contribution is 6.06. The molecule has 2 amide bonds. The number of carbonyl (C=O) groups is 2. The molecule has 0 aliphatic heterocycles. The summed E-state index contributed by atoms with van der Waals surface area (Å²) in [4.78, 5) is 29.6. The van der Waals surface area contributed by atoms with E-state index in [4.69, 9.17) is 9.72 Å². The Hall–Kier alpha value is -2.47. The van der Waals surface area contributed by atoms with Gasteiger partial charge in [-0.3, -0.25) is 14.6 Å². The minimum absolute atomic E-state index is 0.0464. The van der Waals surface area contributed by atoms with E-state index in [0.29, 0.717) is 23.9 Å². The van der Waals surface area contributed by atoms with Gasteiger partial charge in [-0.1, -0.05) is 18.2 Å². The monoisotopic (exact) mass is 425 g/mol. The summed E-state index contributed by atoms with van der Waals surface area (Å²) in [5.74, 6) is 0.720. The first-order valence-corrected chi connectivity index (χ1v) is 11.4. The molecule has 168 valence electrons. The first kappa shape index (κ1) is 23.2. The smallest absolute Gasteiger partial charge is 0.252 e. The number of benzene rings is 1. The number of amides is 2. The Morgan fingerprint density at radius 1 is 1.10 bits per heavy atom. The zero-order valence-electron chi connectivity index (χ0n) is 19.1. The Labute approximate surface area is 185 Å². The standard InChI is InChI=1S/C25H35N3O3/c1-16(2)27-25(30)21-13-23(28-22-8-6-5-7-20(21)22)19-11-9-18(10-12-19)14-26-24(29)15-31-17(3)4/h5-8,13,16-19H,9-12,14-15H2,1-4H3,(H,26,29)(H,27,30). The number of nitrogens with zero attached hydrogens (tertiary/aromatic N) is 1. The van der Waals surface area contributed by atoms with Crippen LogP contribution in [0.3, 0.4) is 0 Å². The predicted molar refractivity (Wildman–Crippen MR) is 123 cm³/mol. The van der Waals surface area contributed by atoms with Crippen LogP contribution in [0.4, 0.5) is 0 Å². The molecule has 1 aromatic heterocycles. The van der Waals surface area contributed by atoms with E-state index in [9.17, 15) is 9.59 Å². The molecular weight excluding hydrogens is 390 g/mol. The van der Waals surface area contributed by atoms with Gasteiger partial charge in [0.2, 0.25) is 5.91 Å². The second kappa shape index (κ2) is 10.7. The third-order valence-electron chi connectivity index (χ3n) is 5.80. The minimum atomic E-state index is -0.0483. The summed E-state index contributed by atoms with van der Waals surface area (Å²) in [5, 5.41) is 6.90. The van der Waals surface area contributed by atoms with Gasteiger partial charge in [0.15, 0.2) is 0 Å². The van der Waals surface area contributed by atoms with Crippen LogP contribution in [0, 0.1) is 5.92 Å². The van der Waals surface area contributed by atoms with Gasteiger partial charge in [0, 0.05) is 29.6 Å². The van der Waals surface area contributed by atoms with Gasteiger partial charge in [0.1, 0.15) is 6.61 Å². The molecule has 1 fully saturated rings. The summed E-state index contributed by atoms with van der Waals surface area (Å²) in [5.41, 5.74) is 2.57. The van der Waals surface area contributed by atoms with Crippen molar-refractivity contribution in [3.05, 3.63) is 41.6 Å². The summed E-state index contributed by atoms with van der Waals surface area (Å²) in [6.07, 6.45) is 4.16. The van der Waals surface area contributed by atoms with Crippen molar-refractivity contribution in [2.45, 2.75) is 71.4 Å². The van der Waals surface area contributed by atoms with Crippen LogP contribution in [0.1, 0.15) is 75.3 Å². The third-order valence-corrected chi connectivity index (χ3v) is 5.80. The average molecular weight is 426 g/mol. The molecule has 6 nitrogen and oxygen atoms in total. The molecule has 6 heteroatoms. The van der Waals surface area contributed by atoms with Crippen molar-refractivity contribution in [2.75, 3.05) is 13.2 Å². The van der Waals surface area contributed by atoms with E-state index in [1.54, 1.807) is 0 Å². The number of para-hydroxylation sites is 1. The van der Waals surface area contributed by atoms with Crippen LogP contribution in [-0.2, 0) is 9.53 Å². The lowest BCUT2D eigenvalue weighted by atomic mass is 9.80. The Kier molecular flexibility index (Phi) is 8.02. The number of hydrogen-bond donors (Lipinski definition) is 2. The summed E-state index contributed by atoms with van der Waals surface area (Å²) < 4.78 is 5.35. The third kappa shape index (κ3) is 6.50. The largest absolute Gasteiger partial charge is 0.369 e. The van der Waals surface area contributed by atoms with Crippen molar-refractivity contribution in [1.29, 1.82) is 0 Å². The van der Waals surface area contributed by atoms with Gasteiger partial charge in [-0.15, -0.1) is 0 Å².